The highest BCUT2D eigenvalue weighted by Crippen LogP contribution is 2.36. The van der Waals surface area contributed by atoms with E-state index in [0.29, 0.717) is 5.92 Å². The molecule has 0 spiro atoms. The first-order valence-electron chi connectivity index (χ1n) is 8.98. The molecular formula is C22H22ClN3. The third-order valence-corrected chi connectivity index (χ3v) is 5.38. The smallest absolute Gasteiger partial charge is 0.0929 e. The molecular weight excluding hydrogens is 342 g/mol. The van der Waals surface area contributed by atoms with Crippen LogP contribution in [-0.4, -0.2) is 28.7 Å². The zero-order valence-electron chi connectivity index (χ0n) is 15.1. The molecule has 2 heterocycles. The van der Waals surface area contributed by atoms with Crippen molar-refractivity contribution in [2.75, 3.05) is 13.6 Å². The molecule has 2 aromatic carbocycles. The Morgan fingerprint density at radius 3 is 2.54 bits per heavy atom. The van der Waals surface area contributed by atoms with Gasteiger partial charge >= 0.3 is 0 Å². The van der Waals surface area contributed by atoms with Gasteiger partial charge in [0.2, 0.25) is 0 Å². The summed E-state index contributed by atoms with van der Waals surface area (Å²) in [5.41, 5.74) is 7.08. The van der Waals surface area contributed by atoms with Crippen molar-refractivity contribution < 1.29 is 0 Å². The van der Waals surface area contributed by atoms with E-state index in [1.165, 1.54) is 16.7 Å². The van der Waals surface area contributed by atoms with Crippen LogP contribution in [0.25, 0.3) is 11.3 Å². The average Bonchev–Trinajstić information content (AvgIpc) is 2.81. The minimum absolute atomic E-state index is 0.394. The molecule has 1 unspecified atom stereocenters. The zero-order chi connectivity index (χ0) is 18.1. The van der Waals surface area contributed by atoms with Gasteiger partial charge in [-0.3, -0.25) is 0 Å². The number of halogens is 1. The van der Waals surface area contributed by atoms with E-state index in [9.17, 15) is 0 Å². The highest BCUT2D eigenvalue weighted by atomic mass is 35.5. The number of aryl methyl sites for hydroxylation is 1. The van der Waals surface area contributed by atoms with Gasteiger partial charge in [-0.15, -0.1) is 0 Å². The molecule has 0 fully saturated rings. The van der Waals surface area contributed by atoms with Crippen molar-refractivity contribution in [2.24, 2.45) is 0 Å². The van der Waals surface area contributed by atoms with E-state index in [0.717, 1.165) is 41.5 Å². The summed E-state index contributed by atoms with van der Waals surface area (Å²) in [5, 5.41) is 9.33. The minimum atomic E-state index is 0.394. The summed E-state index contributed by atoms with van der Waals surface area (Å²) < 4.78 is 0. The Balaban J connectivity index is 1.76. The maximum Gasteiger partial charge on any atom is 0.0929 e. The quantitative estimate of drug-likeness (QED) is 0.636. The van der Waals surface area contributed by atoms with Crippen LogP contribution >= 0.6 is 11.6 Å². The Bertz CT molecular complexity index is 904. The van der Waals surface area contributed by atoms with Gasteiger partial charge in [0.25, 0.3) is 0 Å². The lowest BCUT2D eigenvalue weighted by atomic mass is 9.86. The number of benzene rings is 2. The van der Waals surface area contributed by atoms with Crippen molar-refractivity contribution in [2.45, 2.75) is 25.8 Å². The van der Waals surface area contributed by atoms with E-state index in [2.05, 4.69) is 52.5 Å². The van der Waals surface area contributed by atoms with Gasteiger partial charge in [0.1, 0.15) is 0 Å². The summed E-state index contributed by atoms with van der Waals surface area (Å²) in [6.45, 7) is 3.98. The fraction of sp³-hybridized carbons (Fsp3) is 0.273. The van der Waals surface area contributed by atoms with Crippen LogP contribution in [-0.2, 0) is 6.54 Å². The normalized spacial score (nSPS) is 17.6. The fourth-order valence-corrected chi connectivity index (χ4v) is 3.84. The Morgan fingerprint density at radius 2 is 1.81 bits per heavy atom. The minimum Gasteiger partial charge on any atom is -0.302 e. The molecule has 4 rings (SSSR count). The van der Waals surface area contributed by atoms with Gasteiger partial charge in [0.15, 0.2) is 0 Å². The van der Waals surface area contributed by atoms with Crippen molar-refractivity contribution in [1.29, 1.82) is 0 Å². The summed E-state index contributed by atoms with van der Waals surface area (Å²) >= 11 is 6.08. The van der Waals surface area contributed by atoms with Crippen LogP contribution in [0, 0.1) is 6.92 Å². The van der Waals surface area contributed by atoms with E-state index in [1.807, 2.05) is 31.2 Å². The van der Waals surface area contributed by atoms with Crippen molar-refractivity contribution >= 4 is 11.6 Å². The molecule has 4 heteroatoms. The molecule has 0 bridgehead atoms. The van der Waals surface area contributed by atoms with Crippen LogP contribution in [0.4, 0.5) is 0 Å². The Labute approximate surface area is 159 Å². The average molecular weight is 364 g/mol. The maximum absolute atomic E-state index is 6.08. The first kappa shape index (κ1) is 17.2. The molecule has 0 saturated heterocycles. The molecule has 3 aromatic rings. The summed E-state index contributed by atoms with van der Waals surface area (Å²) in [6, 6.07) is 19.1. The van der Waals surface area contributed by atoms with Gasteiger partial charge in [0, 0.05) is 23.0 Å². The van der Waals surface area contributed by atoms with E-state index < -0.39 is 0 Å². The van der Waals surface area contributed by atoms with Crippen molar-refractivity contribution in [3.8, 4) is 11.3 Å². The van der Waals surface area contributed by atoms with E-state index in [4.69, 9.17) is 11.6 Å². The van der Waals surface area contributed by atoms with Gasteiger partial charge < -0.3 is 4.90 Å². The van der Waals surface area contributed by atoms with Crippen LogP contribution in [0.2, 0.25) is 5.02 Å². The molecule has 0 radical (unpaired) electrons. The molecule has 1 aliphatic rings. The Kier molecular flexibility index (Phi) is 4.75. The van der Waals surface area contributed by atoms with E-state index >= 15 is 0 Å². The van der Waals surface area contributed by atoms with E-state index in [-0.39, 0.29) is 0 Å². The van der Waals surface area contributed by atoms with Gasteiger partial charge in [-0.05, 0) is 74.0 Å². The van der Waals surface area contributed by atoms with Crippen LogP contribution < -0.4 is 0 Å². The van der Waals surface area contributed by atoms with Gasteiger partial charge in [-0.25, -0.2) is 0 Å². The fourth-order valence-electron chi connectivity index (χ4n) is 3.71. The molecule has 0 aliphatic carbocycles. The monoisotopic (exact) mass is 363 g/mol. The predicted octanol–water partition coefficient (Wildman–Crippen LogP) is 5.07. The van der Waals surface area contributed by atoms with Crippen molar-refractivity contribution in [3.05, 3.63) is 82.0 Å². The van der Waals surface area contributed by atoms with Crippen LogP contribution in [0.3, 0.4) is 0 Å². The van der Waals surface area contributed by atoms with Gasteiger partial charge in [0.05, 0.1) is 11.4 Å². The van der Waals surface area contributed by atoms with Crippen LogP contribution in [0.5, 0.6) is 0 Å². The second kappa shape index (κ2) is 7.18. The molecule has 132 valence electrons. The standard InChI is InChI=1S/C22H22ClN3/c1-15-3-10-22(25-24-15)17-6-9-20-18(13-17)14-26(2)12-11-21(20)16-4-7-19(23)8-5-16/h3-10,13,21H,11-12,14H2,1-2H3. The summed E-state index contributed by atoms with van der Waals surface area (Å²) in [6.07, 6.45) is 1.11. The predicted molar refractivity (Wildman–Crippen MR) is 106 cm³/mol. The van der Waals surface area contributed by atoms with Crippen LogP contribution in [0.15, 0.2) is 54.6 Å². The summed E-state index contributed by atoms with van der Waals surface area (Å²) in [5.74, 6) is 0.394. The Hall–Kier alpha value is -2.23. The number of rotatable bonds is 2. The lowest BCUT2D eigenvalue weighted by Crippen LogP contribution is -2.17. The number of fused-ring (bicyclic) bond motifs is 1. The molecule has 3 nitrogen and oxygen atoms in total. The molecule has 1 atom stereocenters. The molecule has 26 heavy (non-hydrogen) atoms. The number of hydrogen-bond acceptors (Lipinski definition) is 3. The van der Waals surface area contributed by atoms with Gasteiger partial charge in [-0.1, -0.05) is 35.9 Å². The van der Waals surface area contributed by atoms with E-state index in [1.54, 1.807) is 0 Å². The highest BCUT2D eigenvalue weighted by molar-refractivity contribution is 6.30. The van der Waals surface area contributed by atoms with Crippen molar-refractivity contribution in [3.63, 3.8) is 0 Å². The molecule has 1 aliphatic heterocycles. The third-order valence-electron chi connectivity index (χ3n) is 5.12. The SMILES string of the molecule is Cc1ccc(-c2ccc3c(c2)CN(C)CCC3c2ccc(Cl)cc2)nn1. The van der Waals surface area contributed by atoms with Crippen LogP contribution in [0.1, 0.15) is 34.7 Å². The van der Waals surface area contributed by atoms with Gasteiger partial charge in [-0.2, -0.15) is 10.2 Å². The molecule has 0 N–H and O–H groups in total. The lowest BCUT2D eigenvalue weighted by Gasteiger charge is -2.18. The highest BCUT2D eigenvalue weighted by Gasteiger charge is 2.23. The first-order valence-corrected chi connectivity index (χ1v) is 9.35. The lowest BCUT2D eigenvalue weighted by molar-refractivity contribution is 0.328. The topological polar surface area (TPSA) is 29.0 Å². The molecule has 1 aromatic heterocycles. The second-order valence-corrected chi connectivity index (χ2v) is 7.54. The summed E-state index contributed by atoms with van der Waals surface area (Å²) in [7, 11) is 2.19. The Morgan fingerprint density at radius 1 is 1.00 bits per heavy atom. The number of nitrogens with zero attached hydrogens (tertiary/aromatic N) is 3. The first-order chi connectivity index (χ1) is 12.6. The number of hydrogen-bond donors (Lipinski definition) is 0. The number of aromatic nitrogens is 2. The summed E-state index contributed by atoms with van der Waals surface area (Å²) in [4.78, 5) is 2.39. The largest absolute Gasteiger partial charge is 0.302 e. The molecule has 0 saturated carbocycles. The van der Waals surface area contributed by atoms with Crippen molar-refractivity contribution in [1.82, 2.24) is 15.1 Å². The molecule has 0 amide bonds. The second-order valence-electron chi connectivity index (χ2n) is 7.10. The zero-order valence-corrected chi connectivity index (χ0v) is 15.9. The third kappa shape index (κ3) is 3.50. The maximum atomic E-state index is 6.08.